The Kier molecular flexibility index (Phi) is 13.9. The molecule has 0 radical (unpaired) electrons. The maximum absolute atomic E-state index is 13.1. The van der Waals surface area contributed by atoms with Crippen LogP contribution in [0.1, 0.15) is 49.5 Å². The van der Waals surface area contributed by atoms with Crippen molar-refractivity contribution in [1.29, 1.82) is 0 Å². The molecule has 3 atom stereocenters. The SMILES string of the molecule is CC1(C)[C@@H](C(=O)N[C@@H](Cc2ccc(NC(=O)c3c(Cl)cccc3Cl)cc2)C(=O)[O-])CC[C@]1(C)/C=C/C(=O)[O-].[Na+].[Na+]. The van der Waals surface area contributed by atoms with E-state index in [1.807, 2.05) is 20.8 Å². The van der Waals surface area contributed by atoms with Crippen molar-refractivity contribution in [3.8, 4) is 0 Å². The van der Waals surface area contributed by atoms with Gasteiger partial charge in [-0.2, -0.15) is 0 Å². The number of hydrogen-bond acceptors (Lipinski definition) is 6. The van der Waals surface area contributed by atoms with Gasteiger partial charge in [-0.15, -0.1) is 0 Å². The van der Waals surface area contributed by atoms with E-state index in [0.717, 1.165) is 6.08 Å². The number of benzene rings is 2. The molecule has 1 saturated carbocycles. The van der Waals surface area contributed by atoms with Crippen molar-refractivity contribution < 1.29 is 88.5 Å². The van der Waals surface area contributed by atoms with Gasteiger partial charge in [0.25, 0.3) is 5.91 Å². The summed E-state index contributed by atoms with van der Waals surface area (Å²) in [6, 6.07) is 9.91. The van der Waals surface area contributed by atoms with E-state index in [-0.39, 0.29) is 81.1 Å². The Bertz CT molecular complexity index is 1270. The molecular weight excluding hydrogens is 577 g/mol. The van der Waals surface area contributed by atoms with Crippen LogP contribution in [0.5, 0.6) is 0 Å². The second-order valence-electron chi connectivity index (χ2n) is 10.2. The van der Waals surface area contributed by atoms with Crippen LogP contribution in [0.3, 0.4) is 0 Å². The van der Waals surface area contributed by atoms with E-state index in [1.165, 1.54) is 0 Å². The smallest absolute Gasteiger partial charge is 0.548 e. The number of nitrogens with one attached hydrogen (secondary N) is 2. The van der Waals surface area contributed by atoms with Crippen molar-refractivity contribution in [1.82, 2.24) is 5.32 Å². The van der Waals surface area contributed by atoms with Crippen molar-refractivity contribution in [3.63, 3.8) is 0 Å². The first-order valence-corrected chi connectivity index (χ1v) is 12.8. The van der Waals surface area contributed by atoms with Gasteiger partial charge in [-0.25, -0.2) is 0 Å². The summed E-state index contributed by atoms with van der Waals surface area (Å²) in [6.07, 6.45) is 3.52. The van der Waals surface area contributed by atoms with Crippen LogP contribution in [0.4, 0.5) is 5.69 Å². The van der Waals surface area contributed by atoms with E-state index in [1.54, 1.807) is 48.5 Å². The average Bonchev–Trinajstić information content (AvgIpc) is 3.07. The summed E-state index contributed by atoms with van der Waals surface area (Å²) in [7, 11) is 0. The third-order valence-corrected chi connectivity index (χ3v) is 8.27. The number of allylic oxidation sites excluding steroid dienone is 1. The number of carbonyl (C=O) groups is 4. The maximum atomic E-state index is 13.1. The first-order valence-electron chi connectivity index (χ1n) is 12.0. The molecule has 2 aromatic carbocycles. The van der Waals surface area contributed by atoms with E-state index >= 15 is 0 Å². The van der Waals surface area contributed by atoms with Crippen molar-refractivity contribution in [2.45, 2.75) is 46.1 Å². The third-order valence-electron chi connectivity index (χ3n) is 7.64. The van der Waals surface area contributed by atoms with E-state index in [2.05, 4.69) is 10.6 Å². The van der Waals surface area contributed by atoms with Gasteiger partial charge in [0, 0.05) is 11.6 Å². The van der Waals surface area contributed by atoms with E-state index < -0.39 is 46.5 Å². The quantitative estimate of drug-likeness (QED) is 0.228. The van der Waals surface area contributed by atoms with Crippen LogP contribution < -0.4 is 80.0 Å². The Labute approximate surface area is 287 Å². The van der Waals surface area contributed by atoms with E-state index in [0.29, 0.717) is 24.1 Å². The van der Waals surface area contributed by atoms with Crippen LogP contribution in [0, 0.1) is 16.7 Å². The van der Waals surface area contributed by atoms with Crippen LogP contribution in [0.15, 0.2) is 54.6 Å². The van der Waals surface area contributed by atoms with Gasteiger partial charge in [0.1, 0.15) is 0 Å². The zero-order chi connectivity index (χ0) is 28.3. The Morgan fingerprint density at radius 1 is 1.00 bits per heavy atom. The monoisotopic (exact) mass is 604 g/mol. The topological polar surface area (TPSA) is 138 Å². The first-order chi connectivity index (χ1) is 17.7. The fourth-order valence-corrected chi connectivity index (χ4v) is 5.44. The summed E-state index contributed by atoms with van der Waals surface area (Å²) >= 11 is 12.2. The molecule has 3 rings (SSSR count). The summed E-state index contributed by atoms with van der Waals surface area (Å²) in [4.78, 5) is 48.5. The molecule has 1 fully saturated rings. The maximum Gasteiger partial charge on any atom is 1.00 e. The molecule has 2 N–H and O–H groups in total. The third kappa shape index (κ3) is 8.58. The molecule has 2 amide bonds. The van der Waals surface area contributed by atoms with E-state index in [4.69, 9.17) is 23.2 Å². The second-order valence-corrected chi connectivity index (χ2v) is 11.0. The minimum absolute atomic E-state index is 0. The predicted octanol–water partition coefficient (Wildman–Crippen LogP) is -3.22. The summed E-state index contributed by atoms with van der Waals surface area (Å²) in [5.74, 6) is -4.20. The van der Waals surface area contributed by atoms with Crippen LogP contribution in [0.25, 0.3) is 0 Å². The number of carbonyl (C=O) groups excluding carboxylic acids is 4. The summed E-state index contributed by atoms with van der Waals surface area (Å²) in [6.45, 7) is 5.59. The van der Waals surface area contributed by atoms with Gasteiger partial charge in [-0.3, -0.25) is 9.59 Å². The molecule has 0 unspecified atom stereocenters. The Morgan fingerprint density at radius 3 is 2.10 bits per heavy atom. The van der Waals surface area contributed by atoms with Crippen molar-refractivity contribution in [2.75, 3.05) is 5.32 Å². The standard InChI is InChI=1S/C28H30Cl2N2O6.2Na/c1-27(2)18(11-13-28(27,3)14-12-22(33)34)24(35)32-21(26(37)38)15-16-7-9-17(10-8-16)31-25(36)23-19(29)5-4-6-20(23)30;;/h4-10,12,14,18,21H,11,13,15H2,1-3H3,(H,31,36)(H,32,35)(H,33,34)(H,37,38);;/q;2*+1/p-2/b14-12+;;/t18-,21+,28-;;/m1../s1. The molecule has 2 aromatic rings. The largest absolute Gasteiger partial charge is 1.00 e. The van der Waals surface area contributed by atoms with Gasteiger partial charge < -0.3 is 30.4 Å². The molecule has 0 saturated heterocycles. The zero-order valence-electron chi connectivity index (χ0n) is 23.2. The van der Waals surface area contributed by atoms with Crippen molar-refractivity contribution in [3.05, 3.63) is 75.8 Å². The fraction of sp³-hybridized carbons (Fsp3) is 0.357. The number of rotatable bonds is 9. The predicted molar refractivity (Wildman–Crippen MR) is 140 cm³/mol. The van der Waals surface area contributed by atoms with Gasteiger partial charge in [0.05, 0.1) is 33.6 Å². The number of hydrogen-bond donors (Lipinski definition) is 2. The molecule has 0 bridgehead atoms. The van der Waals surface area contributed by atoms with Crippen LogP contribution in [0.2, 0.25) is 10.0 Å². The molecule has 202 valence electrons. The number of carboxylic acids is 2. The molecule has 8 nitrogen and oxygen atoms in total. The zero-order valence-corrected chi connectivity index (χ0v) is 28.7. The normalized spacial score (nSPS) is 20.1. The molecule has 40 heavy (non-hydrogen) atoms. The van der Waals surface area contributed by atoms with Crippen LogP contribution >= 0.6 is 23.2 Å². The Balaban J connectivity index is 0.00000400. The van der Waals surface area contributed by atoms with Crippen LogP contribution in [-0.2, 0) is 20.8 Å². The summed E-state index contributed by atoms with van der Waals surface area (Å²) in [5, 5.41) is 28.5. The number of aliphatic carboxylic acids is 2. The van der Waals surface area contributed by atoms with Gasteiger partial charge in [0.2, 0.25) is 5.91 Å². The molecule has 0 heterocycles. The number of carboxylic acid groups (broad SMARTS) is 2. The van der Waals surface area contributed by atoms with Gasteiger partial charge in [-0.05, 0) is 66.0 Å². The average molecular weight is 605 g/mol. The molecular formula is C28H28Cl2N2Na2O6. The van der Waals surface area contributed by atoms with E-state index in [9.17, 15) is 29.4 Å². The number of halogens is 2. The minimum Gasteiger partial charge on any atom is -0.548 e. The Hall–Kier alpha value is -1.36. The molecule has 0 spiro atoms. The van der Waals surface area contributed by atoms with Gasteiger partial charge in [-0.1, -0.05) is 68.2 Å². The minimum atomic E-state index is -1.43. The number of anilines is 1. The van der Waals surface area contributed by atoms with Crippen molar-refractivity contribution in [2.24, 2.45) is 16.7 Å². The molecule has 1 aliphatic carbocycles. The molecule has 0 aromatic heterocycles. The van der Waals surface area contributed by atoms with Gasteiger partial charge >= 0.3 is 59.1 Å². The first kappa shape index (κ1) is 36.7. The summed E-state index contributed by atoms with van der Waals surface area (Å²) in [5.41, 5.74) is -0.0356. The second kappa shape index (κ2) is 15.2. The Morgan fingerprint density at radius 2 is 1.57 bits per heavy atom. The van der Waals surface area contributed by atoms with Gasteiger partial charge in [0.15, 0.2) is 0 Å². The van der Waals surface area contributed by atoms with Crippen molar-refractivity contribution >= 4 is 52.6 Å². The molecule has 12 heteroatoms. The number of amides is 2. The summed E-state index contributed by atoms with van der Waals surface area (Å²) < 4.78 is 0. The molecule has 1 aliphatic rings. The van der Waals surface area contributed by atoms with Crippen LogP contribution in [-0.4, -0.2) is 29.8 Å². The molecule has 0 aliphatic heterocycles. The fourth-order valence-electron chi connectivity index (χ4n) is 4.87.